The molecule has 20 nitrogen and oxygen atoms in total. The summed E-state index contributed by atoms with van der Waals surface area (Å²) in [4.78, 5) is 56.3. The lowest BCUT2D eigenvalue weighted by molar-refractivity contribution is -0.390. The van der Waals surface area contributed by atoms with Gasteiger partial charge in [-0.15, -0.1) is 0 Å². The van der Waals surface area contributed by atoms with Crippen LogP contribution in [-0.2, 0) is 60.9 Å². The Hall–Kier alpha value is -7.24. The molecule has 5 aliphatic rings. The monoisotopic (exact) mass is 1470 g/mol. The Morgan fingerprint density at radius 3 is 1.54 bits per heavy atom. The molecular formula is C86H142N14O6. The third-order valence-electron chi connectivity index (χ3n) is 19.5. The highest BCUT2D eigenvalue weighted by atomic mass is 16.6. The minimum atomic E-state index is -0.444. The van der Waals surface area contributed by atoms with Crippen LogP contribution in [0.2, 0.25) is 0 Å². The zero-order chi connectivity index (χ0) is 81.5. The van der Waals surface area contributed by atoms with Gasteiger partial charge in [0.2, 0.25) is 17.7 Å². The van der Waals surface area contributed by atoms with E-state index in [4.69, 9.17) is 14.5 Å². The van der Waals surface area contributed by atoms with Crippen LogP contribution in [0, 0.1) is 59.0 Å². The number of rotatable bonds is 2. The van der Waals surface area contributed by atoms with E-state index in [0.29, 0.717) is 46.1 Å². The number of hydrogen-bond acceptors (Lipinski definition) is 15. The standard InChI is InChI=1S/C11H21NO.C10H18N2.C10H12N2.C10H19NO.C10H15N.C9H12N2O2.C9H14N2O.C9H17NO.C8H14N2/c1-9(13)12-7-5-10(6-8-12)11(2,3)4;1-7-9(10(3,4)5)8(2)12(6)11-7;1-10(2,3)9-8(7-11)5-4-6-12-9;1-9(2,3)11-7-6-10(4,5)8(11)12;1-8-6-5-7-9(11-8)10(2,3)4;1-9(2,3)7-5-4-6-10-8(7)11(12)13;1-9(2,3)8-10-7(11-12-8)6-4-5-6;1-9(2,3)10-5-8-4-7(10)6-11-8;1-8(2,3)7-5-6-9-10(7)4/h10H,5-8H2,1-4H3;1-6H3;4-6H,1-3H3;6-7H2,1-5H3;5-7H,1-4H3;4-6H,1-3H3;6H,4-5H2,1-3H3;7-8H,4-6H2,1-3H3;5-6H,1-4H3/t;;;;;;;7-,8-;/m.......1./s1. The minimum absolute atomic E-state index is 0.00907. The molecule has 6 aromatic heterocycles. The first-order chi connectivity index (χ1) is 48.1. The molecule has 5 fully saturated rings. The van der Waals surface area contributed by atoms with E-state index in [0.717, 1.165) is 79.6 Å². The number of carbonyl (C=O) groups excluding carboxylic acids is 2. The summed E-state index contributed by atoms with van der Waals surface area (Å²) in [5, 5.41) is 31.9. The van der Waals surface area contributed by atoms with Crippen LogP contribution >= 0.6 is 0 Å². The summed E-state index contributed by atoms with van der Waals surface area (Å²) >= 11 is 0. The first-order valence-corrected chi connectivity index (χ1v) is 38.3. The zero-order valence-electron chi connectivity index (χ0n) is 72.6. The Bertz CT molecular complexity index is 3780. The molecule has 10 heterocycles. The van der Waals surface area contributed by atoms with Crippen molar-refractivity contribution < 1.29 is 23.8 Å². The van der Waals surface area contributed by atoms with Crippen LogP contribution in [0.5, 0.6) is 0 Å². The lowest BCUT2D eigenvalue weighted by Gasteiger charge is -2.38. The number of morpholine rings is 1. The first-order valence-electron chi connectivity index (χ1n) is 38.3. The second-order valence-corrected chi connectivity index (χ2v) is 39.1. The van der Waals surface area contributed by atoms with Crippen LogP contribution in [0.25, 0.3) is 0 Å². The number of amides is 2. The van der Waals surface area contributed by atoms with Crippen LogP contribution in [0.1, 0.15) is 315 Å². The molecule has 0 unspecified atom stereocenters. The number of fused-ring (bicyclic) bond motifs is 2. The third kappa shape index (κ3) is 29.4. The predicted octanol–water partition coefficient (Wildman–Crippen LogP) is 19.1. The zero-order valence-corrected chi connectivity index (χ0v) is 72.6. The second kappa shape index (κ2) is 37.2. The van der Waals surface area contributed by atoms with Crippen molar-refractivity contribution in [3.63, 3.8) is 0 Å². The maximum atomic E-state index is 11.8. The molecule has 2 atom stereocenters. The molecule has 2 amide bonds. The minimum Gasteiger partial charge on any atom is -0.375 e. The number of nitriles is 1. The molecule has 592 valence electrons. The average Bonchev–Trinajstić information content (AvgIpc) is 1.69. The molecule has 11 rings (SSSR count). The number of hydrogen-bond donors (Lipinski definition) is 0. The summed E-state index contributed by atoms with van der Waals surface area (Å²) in [6.45, 7) is 74.8. The van der Waals surface area contributed by atoms with Crippen molar-refractivity contribution in [3.05, 3.63) is 140 Å². The van der Waals surface area contributed by atoms with Crippen LogP contribution in [-0.4, -0.2) is 132 Å². The SMILES string of the molecule is CC(=O)N1CCC(C(C)(C)C)CC1.CC(C)(C)N1C[C@H]2C[C@@H]1CO2.CC(C)(C)c1cccnc1[N+](=O)[O-].CC(C)(C)c1nc(C2CC2)no1.CC(C)(C)c1ncccc1C#N.CC1(C)CCN(C(C)(C)C)C1=O.Cc1cccc(C(C)(C)C)n1.Cc1nn(C)c(C)c1C(C)(C)C.Cn1nccc1C(C)(C)C. The van der Waals surface area contributed by atoms with Gasteiger partial charge in [-0.25, -0.2) is 0 Å². The van der Waals surface area contributed by atoms with Crippen LogP contribution < -0.4 is 0 Å². The van der Waals surface area contributed by atoms with E-state index in [1.807, 2.05) is 87.1 Å². The molecule has 2 bridgehead atoms. The molecule has 1 aliphatic carbocycles. The Labute approximate surface area is 641 Å². The average molecular weight is 1470 g/mol. The largest absolute Gasteiger partial charge is 0.375 e. The second-order valence-electron chi connectivity index (χ2n) is 39.1. The molecule has 0 aromatic carbocycles. The van der Waals surface area contributed by atoms with Crippen molar-refractivity contribution in [3.8, 4) is 6.07 Å². The first kappa shape index (κ1) is 93.0. The van der Waals surface area contributed by atoms with Crippen molar-refractivity contribution in [2.24, 2.45) is 30.8 Å². The van der Waals surface area contributed by atoms with Gasteiger partial charge in [0, 0.05) is 138 Å². The lowest BCUT2D eigenvalue weighted by atomic mass is 9.75. The smallest absolute Gasteiger partial charge is 0.367 e. The number of nitro groups is 1. The summed E-state index contributed by atoms with van der Waals surface area (Å²) in [6, 6.07) is 18.1. The highest BCUT2D eigenvalue weighted by Gasteiger charge is 2.44. The number of aryl methyl sites for hydroxylation is 4. The predicted molar refractivity (Wildman–Crippen MR) is 432 cm³/mol. The lowest BCUT2D eigenvalue weighted by Crippen LogP contribution is -2.48. The van der Waals surface area contributed by atoms with Crippen LogP contribution in [0.4, 0.5) is 5.82 Å². The molecule has 20 heteroatoms. The van der Waals surface area contributed by atoms with Crippen molar-refractivity contribution >= 4 is 17.6 Å². The van der Waals surface area contributed by atoms with Gasteiger partial charge < -0.3 is 29.2 Å². The quantitative estimate of drug-likeness (QED) is 0.116. The molecular weight excluding hydrogens is 1330 g/mol. The van der Waals surface area contributed by atoms with Gasteiger partial charge in [0.15, 0.2) is 5.82 Å². The molecule has 106 heavy (non-hydrogen) atoms. The van der Waals surface area contributed by atoms with Crippen LogP contribution in [0.15, 0.2) is 71.6 Å². The van der Waals surface area contributed by atoms with Crippen molar-refractivity contribution in [2.45, 2.75) is 329 Å². The van der Waals surface area contributed by atoms with Gasteiger partial charge in [0.1, 0.15) is 12.3 Å². The Kier molecular flexibility index (Phi) is 32.7. The van der Waals surface area contributed by atoms with Gasteiger partial charge in [0.25, 0.3) is 0 Å². The van der Waals surface area contributed by atoms with E-state index in [1.165, 1.54) is 55.3 Å². The third-order valence-corrected chi connectivity index (χ3v) is 19.5. The number of aromatic nitrogens is 9. The van der Waals surface area contributed by atoms with E-state index in [1.54, 1.807) is 37.4 Å². The summed E-state index contributed by atoms with van der Waals surface area (Å²) in [6.07, 6.45) is 12.6. The molecule has 6 aromatic rings. The summed E-state index contributed by atoms with van der Waals surface area (Å²) in [5.74, 6) is 3.51. The molecule has 4 saturated heterocycles. The van der Waals surface area contributed by atoms with Gasteiger partial charge in [-0.2, -0.15) is 20.4 Å². The van der Waals surface area contributed by atoms with Gasteiger partial charge >= 0.3 is 5.82 Å². The van der Waals surface area contributed by atoms with Gasteiger partial charge in [0.05, 0.1) is 35.2 Å². The fourth-order valence-electron chi connectivity index (χ4n) is 13.1. The van der Waals surface area contributed by atoms with E-state index < -0.39 is 4.92 Å². The maximum Gasteiger partial charge on any atom is 0.367 e. The molecule has 0 N–H and O–H groups in total. The van der Waals surface area contributed by atoms with E-state index >= 15 is 0 Å². The topological polar surface area (TPSA) is 233 Å². The number of ether oxygens (including phenoxy) is 1. The normalized spacial score (nSPS) is 17.5. The molecule has 0 spiro atoms. The number of carbonyl (C=O) groups is 2. The summed E-state index contributed by atoms with van der Waals surface area (Å²) in [5.41, 5.74) is 10.4. The van der Waals surface area contributed by atoms with Gasteiger partial charge in [-0.3, -0.25) is 33.8 Å². The number of nitrogens with zero attached hydrogens (tertiary/aromatic N) is 14. The Morgan fingerprint density at radius 1 is 0.660 bits per heavy atom. The van der Waals surface area contributed by atoms with E-state index in [-0.39, 0.29) is 55.2 Å². The fraction of sp³-hybridized carbons (Fsp3) is 0.698. The highest BCUT2D eigenvalue weighted by molar-refractivity contribution is 5.84. The van der Waals surface area contributed by atoms with Crippen molar-refractivity contribution in [1.82, 2.24) is 59.4 Å². The number of piperidine rings is 1. The van der Waals surface area contributed by atoms with Crippen LogP contribution in [0.3, 0.4) is 0 Å². The molecule has 1 saturated carbocycles. The summed E-state index contributed by atoms with van der Waals surface area (Å²) in [7, 11) is 3.97. The molecule has 0 radical (unpaired) electrons. The Balaban J connectivity index is 0.000000310. The Morgan fingerprint density at radius 2 is 1.24 bits per heavy atom. The number of pyridine rings is 3. The van der Waals surface area contributed by atoms with Gasteiger partial charge in [-0.05, 0) is 175 Å². The fourth-order valence-corrected chi connectivity index (χ4v) is 13.1. The van der Waals surface area contributed by atoms with Crippen molar-refractivity contribution in [1.29, 1.82) is 5.26 Å². The van der Waals surface area contributed by atoms with E-state index in [2.05, 4.69) is 244 Å². The highest BCUT2D eigenvalue weighted by Crippen LogP contribution is 2.40. The van der Waals surface area contributed by atoms with Gasteiger partial charge in [-0.1, -0.05) is 170 Å². The van der Waals surface area contributed by atoms with E-state index in [9.17, 15) is 19.7 Å². The maximum absolute atomic E-state index is 11.8. The molecule has 4 aliphatic heterocycles. The van der Waals surface area contributed by atoms with Crippen molar-refractivity contribution in [2.75, 3.05) is 32.8 Å². The number of likely N-dealkylation sites (tertiary alicyclic amines) is 3. The summed E-state index contributed by atoms with van der Waals surface area (Å²) < 4.78 is 14.6.